The van der Waals surface area contributed by atoms with E-state index in [1.807, 2.05) is 13.0 Å². The van der Waals surface area contributed by atoms with Gasteiger partial charge in [0.2, 0.25) is 0 Å². The van der Waals surface area contributed by atoms with Crippen LogP contribution in [0.4, 0.5) is 0 Å². The molecule has 0 aromatic rings. The molecule has 3 fully saturated rings. The first-order valence-corrected chi connectivity index (χ1v) is 10.3. The third kappa shape index (κ3) is 2.53. The predicted molar refractivity (Wildman–Crippen MR) is 103 cm³/mol. The highest BCUT2D eigenvalue weighted by atomic mass is 16.5. The Labute approximate surface area is 158 Å². The van der Waals surface area contributed by atoms with Crippen molar-refractivity contribution in [3.8, 4) is 0 Å². The molecule has 7 atom stereocenters. The van der Waals surface area contributed by atoms with E-state index in [4.69, 9.17) is 4.74 Å². The summed E-state index contributed by atoms with van der Waals surface area (Å²) >= 11 is 0. The fraction of sp³-hybridized carbons (Fsp3) is 0.739. The van der Waals surface area contributed by atoms with E-state index in [0.717, 1.165) is 31.3 Å². The van der Waals surface area contributed by atoms with Crippen LogP contribution in [0.5, 0.6) is 0 Å². The van der Waals surface area contributed by atoms with Gasteiger partial charge < -0.3 is 4.74 Å². The molecule has 3 rings (SSSR count). The second kappa shape index (κ2) is 6.65. The summed E-state index contributed by atoms with van der Waals surface area (Å²) in [6.07, 6.45) is 6.56. The molecule has 0 spiro atoms. The first-order chi connectivity index (χ1) is 12.2. The molecule has 3 nitrogen and oxygen atoms in total. The number of ether oxygens (including phenoxy) is 1. The van der Waals surface area contributed by atoms with Gasteiger partial charge in [-0.1, -0.05) is 52.5 Å². The molecule has 3 heteroatoms. The van der Waals surface area contributed by atoms with Gasteiger partial charge in [-0.05, 0) is 48.9 Å². The molecule has 0 amide bonds. The van der Waals surface area contributed by atoms with Gasteiger partial charge in [0.15, 0.2) is 0 Å². The summed E-state index contributed by atoms with van der Waals surface area (Å²) in [5, 5.41) is 0. The Kier molecular flexibility index (Phi) is 4.96. The average Bonchev–Trinajstić information content (AvgIpc) is 2.96. The number of carbonyl (C=O) groups is 2. The van der Waals surface area contributed by atoms with Crippen molar-refractivity contribution in [1.29, 1.82) is 0 Å². The highest BCUT2D eigenvalue weighted by Gasteiger charge is 2.67. The molecule has 3 aliphatic carbocycles. The Bertz CT molecular complexity index is 635. The Morgan fingerprint density at radius 2 is 2.04 bits per heavy atom. The zero-order valence-corrected chi connectivity index (χ0v) is 16.8. The number of ketones is 1. The highest BCUT2D eigenvalue weighted by molar-refractivity contribution is 5.85. The lowest BCUT2D eigenvalue weighted by molar-refractivity contribution is -0.174. The highest BCUT2D eigenvalue weighted by Crippen LogP contribution is 2.68. The van der Waals surface area contributed by atoms with Crippen LogP contribution in [0.15, 0.2) is 24.8 Å². The van der Waals surface area contributed by atoms with Crippen LogP contribution in [0.25, 0.3) is 0 Å². The van der Waals surface area contributed by atoms with Crippen molar-refractivity contribution in [2.24, 2.45) is 34.5 Å². The maximum absolute atomic E-state index is 13.1. The van der Waals surface area contributed by atoms with E-state index in [0.29, 0.717) is 30.5 Å². The van der Waals surface area contributed by atoms with Crippen LogP contribution in [0, 0.1) is 34.5 Å². The number of allylic oxidation sites excluding steroid dienone is 2. The van der Waals surface area contributed by atoms with Crippen molar-refractivity contribution in [1.82, 2.24) is 0 Å². The van der Waals surface area contributed by atoms with Crippen molar-refractivity contribution >= 4 is 11.8 Å². The minimum Gasteiger partial charge on any atom is -0.462 e. The number of rotatable bonds is 4. The van der Waals surface area contributed by atoms with Gasteiger partial charge in [0.05, 0.1) is 0 Å². The Morgan fingerprint density at radius 3 is 2.65 bits per heavy atom. The van der Waals surface area contributed by atoms with E-state index in [-0.39, 0.29) is 34.7 Å². The monoisotopic (exact) mass is 358 g/mol. The first-order valence-electron chi connectivity index (χ1n) is 10.3. The summed E-state index contributed by atoms with van der Waals surface area (Å²) in [6, 6.07) is 0. The summed E-state index contributed by atoms with van der Waals surface area (Å²) in [4.78, 5) is 25.4. The normalized spacial score (nSPS) is 44.8. The molecule has 0 radical (unpaired) electrons. The van der Waals surface area contributed by atoms with Crippen molar-refractivity contribution < 1.29 is 14.3 Å². The molecular formula is C23H34O3. The fourth-order valence-electron chi connectivity index (χ4n) is 6.63. The number of hydrogen-bond donors (Lipinski definition) is 0. The molecule has 0 N–H and O–H groups in total. The average molecular weight is 359 g/mol. The van der Waals surface area contributed by atoms with Crippen molar-refractivity contribution in [2.75, 3.05) is 0 Å². The third-order valence-corrected chi connectivity index (χ3v) is 8.43. The number of carbonyl (C=O) groups excluding carboxylic acids is 2. The van der Waals surface area contributed by atoms with Crippen molar-refractivity contribution in [3.05, 3.63) is 24.8 Å². The van der Waals surface area contributed by atoms with E-state index < -0.39 is 0 Å². The van der Waals surface area contributed by atoms with Gasteiger partial charge in [-0.3, -0.25) is 9.59 Å². The minimum absolute atomic E-state index is 0.00831. The zero-order valence-electron chi connectivity index (χ0n) is 16.8. The van der Waals surface area contributed by atoms with Crippen LogP contribution < -0.4 is 0 Å². The Morgan fingerprint density at radius 1 is 1.35 bits per heavy atom. The lowest BCUT2D eigenvalue weighted by Crippen LogP contribution is -2.55. The molecule has 0 aliphatic heterocycles. The second-order valence-electron chi connectivity index (χ2n) is 9.18. The smallest absolute Gasteiger partial charge is 0.305 e. The number of hydrogen-bond acceptors (Lipinski definition) is 3. The van der Waals surface area contributed by atoms with Crippen LogP contribution >= 0.6 is 0 Å². The molecule has 26 heavy (non-hydrogen) atoms. The summed E-state index contributed by atoms with van der Waals surface area (Å²) < 4.78 is 6.04. The fourth-order valence-corrected chi connectivity index (χ4v) is 6.63. The van der Waals surface area contributed by atoms with Crippen LogP contribution in [0.1, 0.15) is 66.2 Å². The first kappa shape index (κ1) is 19.4. The van der Waals surface area contributed by atoms with Crippen LogP contribution in [-0.4, -0.2) is 17.9 Å². The van der Waals surface area contributed by atoms with E-state index in [2.05, 4.69) is 33.9 Å². The molecule has 0 aromatic carbocycles. The van der Waals surface area contributed by atoms with E-state index in [1.54, 1.807) is 0 Å². The number of Topliss-reactive ketones (excluding diaryl/α,β-unsaturated/α-hetero) is 1. The summed E-state index contributed by atoms with van der Waals surface area (Å²) in [5.74, 6) is 1.13. The van der Waals surface area contributed by atoms with Crippen molar-refractivity contribution in [3.63, 3.8) is 0 Å². The largest absolute Gasteiger partial charge is 0.462 e. The molecule has 2 bridgehead atoms. The van der Waals surface area contributed by atoms with Crippen LogP contribution in [-0.2, 0) is 14.3 Å². The van der Waals surface area contributed by atoms with Gasteiger partial charge in [0, 0.05) is 24.2 Å². The van der Waals surface area contributed by atoms with Gasteiger partial charge in [-0.2, -0.15) is 0 Å². The maximum Gasteiger partial charge on any atom is 0.305 e. The van der Waals surface area contributed by atoms with Gasteiger partial charge in [0.1, 0.15) is 11.9 Å². The quantitative estimate of drug-likeness (QED) is 0.518. The van der Waals surface area contributed by atoms with E-state index in [9.17, 15) is 9.59 Å². The van der Waals surface area contributed by atoms with E-state index >= 15 is 0 Å². The number of esters is 1. The zero-order chi connectivity index (χ0) is 19.3. The lowest BCUT2D eigenvalue weighted by atomic mass is 9.49. The topological polar surface area (TPSA) is 43.4 Å². The van der Waals surface area contributed by atoms with Crippen LogP contribution in [0.2, 0.25) is 0 Å². The standard InChI is InChI=1S/C23H34O3/c1-7-14(3)17-13-19(26-20(25)8-2)22(6)15(4)9-11-23(16(17)5)12-10-18(24)21(22)23/h7,15-17,19,21H,1,3,8-13H2,2,4-6H3/t15?,16-,17-,19+,21-,22-,23-/m0/s1. The molecule has 0 saturated heterocycles. The predicted octanol–water partition coefficient (Wildman–Crippen LogP) is 5.11. The van der Waals surface area contributed by atoms with Gasteiger partial charge >= 0.3 is 5.97 Å². The summed E-state index contributed by atoms with van der Waals surface area (Å²) in [7, 11) is 0. The van der Waals surface area contributed by atoms with E-state index in [1.165, 1.54) is 0 Å². The Balaban J connectivity index is 2.16. The summed E-state index contributed by atoms with van der Waals surface area (Å²) in [6.45, 7) is 16.8. The van der Waals surface area contributed by atoms with Crippen molar-refractivity contribution in [2.45, 2.75) is 72.3 Å². The second-order valence-corrected chi connectivity index (χ2v) is 9.18. The molecule has 144 valence electrons. The SMILES string of the molecule is C=CC(=C)[C@@H]1C[C@@H](OC(=O)CC)[C@]2(C)C(C)CC[C@]3(CCC(=O)[C@H]32)[C@H]1C. The molecule has 0 aromatic heterocycles. The van der Waals surface area contributed by atoms with Gasteiger partial charge in [-0.25, -0.2) is 0 Å². The summed E-state index contributed by atoms with van der Waals surface area (Å²) in [5.41, 5.74) is 0.745. The lowest BCUT2D eigenvalue weighted by Gasteiger charge is -2.55. The van der Waals surface area contributed by atoms with Gasteiger partial charge in [0.25, 0.3) is 0 Å². The molecule has 3 aliphatic rings. The minimum atomic E-state index is -0.291. The van der Waals surface area contributed by atoms with Crippen LogP contribution in [0.3, 0.4) is 0 Å². The molecule has 1 unspecified atom stereocenters. The molecule has 0 heterocycles. The molecule has 3 saturated carbocycles. The molecular weight excluding hydrogens is 324 g/mol. The van der Waals surface area contributed by atoms with Gasteiger partial charge in [-0.15, -0.1) is 0 Å². The third-order valence-electron chi connectivity index (χ3n) is 8.43. The Hall–Kier alpha value is -1.38. The maximum atomic E-state index is 13.1.